The van der Waals surface area contributed by atoms with E-state index in [1.54, 1.807) is 13.1 Å². The zero-order valence-corrected chi connectivity index (χ0v) is 15.0. The van der Waals surface area contributed by atoms with Gasteiger partial charge in [0.05, 0.1) is 13.2 Å². The maximum absolute atomic E-state index is 13.8. The molecule has 1 unspecified atom stereocenters. The molecule has 0 radical (unpaired) electrons. The van der Waals surface area contributed by atoms with Crippen LogP contribution in [0.5, 0.6) is 5.75 Å². The second-order valence-corrected chi connectivity index (χ2v) is 6.44. The molecule has 0 saturated carbocycles. The van der Waals surface area contributed by atoms with E-state index in [2.05, 4.69) is 41.7 Å². The van der Waals surface area contributed by atoms with Gasteiger partial charge in [-0.25, -0.2) is 4.39 Å². The third-order valence-corrected chi connectivity index (χ3v) is 3.33. The summed E-state index contributed by atoms with van der Waals surface area (Å²) in [5.74, 6) is 0.567. The van der Waals surface area contributed by atoms with Gasteiger partial charge in [0.2, 0.25) is 0 Å². The number of nitrogens with zero attached hydrogens (tertiary/aromatic N) is 1. The largest absolute Gasteiger partial charge is 0.494 e. The van der Waals surface area contributed by atoms with Crippen LogP contribution >= 0.6 is 0 Å². The van der Waals surface area contributed by atoms with Gasteiger partial charge in [-0.3, -0.25) is 4.99 Å². The summed E-state index contributed by atoms with van der Waals surface area (Å²) >= 11 is 0. The van der Waals surface area contributed by atoms with Crippen LogP contribution in [-0.2, 0) is 0 Å². The maximum atomic E-state index is 13.8. The molecule has 0 bridgehead atoms. The summed E-state index contributed by atoms with van der Waals surface area (Å²) in [6, 6.07) is 4.88. The number of ether oxygens (including phenoxy) is 1. The Morgan fingerprint density at radius 3 is 2.52 bits per heavy atom. The first-order valence-corrected chi connectivity index (χ1v) is 7.82. The van der Waals surface area contributed by atoms with Crippen LogP contribution in [0, 0.1) is 5.82 Å². The molecule has 5 nitrogen and oxygen atoms in total. The Labute approximate surface area is 138 Å². The summed E-state index contributed by atoms with van der Waals surface area (Å²) in [4.78, 5) is 4.19. The highest BCUT2D eigenvalue weighted by molar-refractivity contribution is 5.80. The number of nitrogens with one attached hydrogen (secondary N) is 3. The average molecular weight is 324 g/mol. The molecule has 1 rings (SSSR count). The normalized spacial score (nSPS) is 13.6. The fourth-order valence-corrected chi connectivity index (χ4v) is 2.05. The number of halogens is 1. The number of rotatable bonds is 6. The van der Waals surface area contributed by atoms with E-state index in [1.165, 1.54) is 13.2 Å². The Kier molecular flexibility index (Phi) is 7.29. The van der Waals surface area contributed by atoms with Crippen molar-refractivity contribution >= 4 is 5.96 Å². The van der Waals surface area contributed by atoms with Gasteiger partial charge in [0.1, 0.15) is 0 Å². The Morgan fingerprint density at radius 1 is 1.30 bits per heavy atom. The van der Waals surface area contributed by atoms with Crippen LogP contribution in [0.15, 0.2) is 23.2 Å². The Bertz CT molecular complexity index is 526. The second-order valence-electron chi connectivity index (χ2n) is 6.44. The minimum absolute atomic E-state index is 0.0721. The van der Waals surface area contributed by atoms with E-state index in [9.17, 15) is 4.39 Å². The van der Waals surface area contributed by atoms with Crippen molar-refractivity contribution in [3.05, 3.63) is 29.6 Å². The SMILES string of the molecule is CN=C(NCCNC(C)(C)C)NC(C)c1ccc(OC)c(F)c1. The van der Waals surface area contributed by atoms with Gasteiger partial charge in [-0.05, 0) is 45.4 Å². The molecule has 6 heteroatoms. The molecular formula is C17H29FN4O. The molecule has 1 aromatic carbocycles. The van der Waals surface area contributed by atoms with E-state index in [4.69, 9.17) is 4.74 Å². The van der Waals surface area contributed by atoms with Gasteiger partial charge in [-0.1, -0.05) is 6.07 Å². The zero-order chi connectivity index (χ0) is 17.5. The van der Waals surface area contributed by atoms with Gasteiger partial charge in [0.25, 0.3) is 0 Å². The van der Waals surface area contributed by atoms with Crippen LogP contribution < -0.4 is 20.7 Å². The van der Waals surface area contributed by atoms with Crippen molar-refractivity contribution in [3.63, 3.8) is 0 Å². The summed E-state index contributed by atoms with van der Waals surface area (Å²) in [7, 11) is 3.17. The zero-order valence-electron chi connectivity index (χ0n) is 15.0. The van der Waals surface area contributed by atoms with E-state index in [1.807, 2.05) is 13.0 Å². The second kappa shape index (κ2) is 8.72. The van der Waals surface area contributed by atoms with Crippen molar-refractivity contribution in [2.24, 2.45) is 4.99 Å². The molecule has 1 aromatic rings. The van der Waals surface area contributed by atoms with Gasteiger partial charge in [-0.2, -0.15) is 0 Å². The number of aliphatic imine (C=N–C) groups is 1. The maximum Gasteiger partial charge on any atom is 0.191 e. The summed E-state index contributed by atoms with van der Waals surface area (Å²) in [5.41, 5.74) is 0.922. The fourth-order valence-electron chi connectivity index (χ4n) is 2.05. The lowest BCUT2D eigenvalue weighted by Crippen LogP contribution is -2.45. The highest BCUT2D eigenvalue weighted by atomic mass is 19.1. The Balaban J connectivity index is 2.53. The molecule has 0 fully saturated rings. The molecule has 0 aliphatic rings. The van der Waals surface area contributed by atoms with E-state index in [-0.39, 0.29) is 23.1 Å². The number of guanidine groups is 1. The number of hydrogen-bond acceptors (Lipinski definition) is 3. The van der Waals surface area contributed by atoms with Gasteiger partial charge < -0.3 is 20.7 Å². The first kappa shape index (κ1) is 19.2. The third-order valence-electron chi connectivity index (χ3n) is 3.33. The number of hydrogen-bond donors (Lipinski definition) is 3. The van der Waals surface area contributed by atoms with Crippen LogP contribution in [0.2, 0.25) is 0 Å². The lowest BCUT2D eigenvalue weighted by atomic mass is 10.1. The predicted molar refractivity (Wildman–Crippen MR) is 93.6 cm³/mol. The number of methoxy groups -OCH3 is 1. The first-order valence-electron chi connectivity index (χ1n) is 7.82. The molecule has 23 heavy (non-hydrogen) atoms. The van der Waals surface area contributed by atoms with Crippen LogP contribution in [0.4, 0.5) is 4.39 Å². The monoisotopic (exact) mass is 324 g/mol. The van der Waals surface area contributed by atoms with Crippen molar-refractivity contribution in [3.8, 4) is 5.75 Å². The van der Waals surface area contributed by atoms with Crippen LogP contribution in [0.25, 0.3) is 0 Å². The molecule has 1 atom stereocenters. The molecule has 0 amide bonds. The minimum Gasteiger partial charge on any atom is -0.494 e. The van der Waals surface area contributed by atoms with Gasteiger partial charge in [0.15, 0.2) is 17.5 Å². The number of benzene rings is 1. The quantitative estimate of drug-likeness (QED) is 0.427. The van der Waals surface area contributed by atoms with E-state index >= 15 is 0 Å². The van der Waals surface area contributed by atoms with Gasteiger partial charge in [0, 0.05) is 25.7 Å². The van der Waals surface area contributed by atoms with Crippen LogP contribution in [-0.4, -0.2) is 38.7 Å². The van der Waals surface area contributed by atoms with Crippen molar-refractivity contribution in [2.45, 2.75) is 39.3 Å². The third kappa shape index (κ3) is 6.86. The molecule has 0 saturated heterocycles. The van der Waals surface area contributed by atoms with Crippen LogP contribution in [0.3, 0.4) is 0 Å². The molecule has 130 valence electrons. The molecule has 0 spiro atoms. The Morgan fingerprint density at radius 2 is 2.00 bits per heavy atom. The first-order chi connectivity index (χ1) is 10.8. The van der Waals surface area contributed by atoms with Crippen molar-refractivity contribution in [1.29, 1.82) is 0 Å². The highest BCUT2D eigenvalue weighted by Gasteiger charge is 2.11. The Hall–Kier alpha value is -1.82. The fraction of sp³-hybridized carbons (Fsp3) is 0.588. The minimum atomic E-state index is -0.365. The molecule has 0 aliphatic carbocycles. The lowest BCUT2D eigenvalue weighted by molar-refractivity contribution is 0.386. The van der Waals surface area contributed by atoms with Gasteiger partial charge in [-0.15, -0.1) is 0 Å². The molecule has 0 aliphatic heterocycles. The van der Waals surface area contributed by atoms with E-state index in [0.29, 0.717) is 5.96 Å². The van der Waals surface area contributed by atoms with E-state index < -0.39 is 0 Å². The average Bonchev–Trinajstić information content (AvgIpc) is 2.49. The molecular weight excluding hydrogens is 295 g/mol. The molecule has 0 heterocycles. The smallest absolute Gasteiger partial charge is 0.191 e. The lowest BCUT2D eigenvalue weighted by Gasteiger charge is -2.22. The predicted octanol–water partition coefficient (Wildman–Crippen LogP) is 2.45. The van der Waals surface area contributed by atoms with Gasteiger partial charge >= 0.3 is 0 Å². The van der Waals surface area contributed by atoms with Crippen molar-refractivity contribution in [2.75, 3.05) is 27.2 Å². The molecule has 3 N–H and O–H groups in total. The topological polar surface area (TPSA) is 57.7 Å². The van der Waals surface area contributed by atoms with Crippen molar-refractivity contribution < 1.29 is 9.13 Å². The van der Waals surface area contributed by atoms with Crippen molar-refractivity contribution in [1.82, 2.24) is 16.0 Å². The summed E-state index contributed by atoms with van der Waals surface area (Å²) in [6.07, 6.45) is 0. The summed E-state index contributed by atoms with van der Waals surface area (Å²) < 4.78 is 18.7. The standard InChI is InChI=1S/C17H29FN4O/c1-12(13-7-8-15(23-6)14(18)11-13)22-16(19-5)20-9-10-21-17(2,3)4/h7-8,11-12,21H,9-10H2,1-6H3,(H2,19,20,22). The van der Waals surface area contributed by atoms with E-state index in [0.717, 1.165) is 18.7 Å². The summed E-state index contributed by atoms with van der Waals surface area (Å²) in [5, 5.41) is 9.88. The van der Waals surface area contributed by atoms with Crippen LogP contribution in [0.1, 0.15) is 39.3 Å². The molecule has 0 aromatic heterocycles. The highest BCUT2D eigenvalue weighted by Crippen LogP contribution is 2.21. The summed E-state index contributed by atoms with van der Waals surface area (Å²) in [6.45, 7) is 9.92.